The Morgan fingerprint density at radius 2 is 1.12 bits per heavy atom. The number of nitrogens with one attached hydrogen (secondary N) is 7. The van der Waals surface area contributed by atoms with Crippen molar-refractivity contribution in [3.8, 4) is 5.75 Å². The number of aliphatic hydroxyl groups excluding tert-OH is 2. The summed E-state index contributed by atoms with van der Waals surface area (Å²) in [6, 6.07) is 34.4. The number of para-hydroxylation sites is 2. The maximum Gasteiger partial charge on any atom is 0.416 e. The van der Waals surface area contributed by atoms with Crippen molar-refractivity contribution in [2.45, 2.75) is 91.7 Å². The molecule has 0 fully saturated rings. The number of nitrogens with zero attached hydrogens (tertiary/aromatic N) is 3. The Morgan fingerprint density at radius 3 is 1.74 bits per heavy atom. The van der Waals surface area contributed by atoms with Gasteiger partial charge in [-0.25, -0.2) is 0 Å². The van der Waals surface area contributed by atoms with Crippen molar-refractivity contribution < 1.29 is 70.0 Å². The molecule has 3 aliphatic rings. The fourth-order valence-corrected chi connectivity index (χ4v) is 12.8. The zero-order valence-electron chi connectivity index (χ0n) is 54.4. The van der Waals surface area contributed by atoms with E-state index in [1.807, 2.05) is 30.3 Å². The molecule has 5 amide bonds. The van der Waals surface area contributed by atoms with Gasteiger partial charge in [-0.1, -0.05) is 54.6 Å². The molecular formula is C73H70F6N10O9. The first-order chi connectivity index (χ1) is 46.8. The maximum atomic E-state index is 15.8. The third kappa shape index (κ3) is 14.0. The molecule has 7 aromatic carbocycles. The van der Waals surface area contributed by atoms with Gasteiger partial charge >= 0.3 is 12.4 Å². The van der Waals surface area contributed by atoms with Gasteiger partial charge in [-0.2, -0.15) is 26.3 Å². The number of carbonyl (C=O) groups is 5. The van der Waals surface area contributed by atoms with Crippen molar-refractivity contribution in [3.05, 3.63) is 224 Å². The number of aromatic amines is 1. The number of aryl methyl sites for hydroxylation is 2. The molecule has 508 valence electrons. The van der Waals surface area contributed by atoms with E-state index >= 15 is 18.0 Å². The van der Waals surface area contributed by atoms with Crippen LogP contribution in [0.3, 0.4) is 0 Å². The highest BCUT2D eigenvalue weighted by molar-refractivity contribution is 6.37. The second-order valence-corrected chi connectivity index (χ2v) is 24.2. The lowest BCUT2D eigenvalue weighted by atomic mass is 9.91. The summed E-state index contributed by atoms with van der Waals surface area (Å²) < 4.78 is 102. The summed E-state index contributed by atoms with van der Waals surface area (Å²) in [6.07, 6.45) is -10.1. The number of methoxy groups -OCH3 is 2. The molecule has 25 heteroatoms. The summed E-state index contributed by atoms with van der Waals surface area (Å²) >= 11 is 0. The average molecular weight is 1350 g/mol. The molecule has 0 bridgehead atoms. The lowest BCUT2D eigenvalue weighted by molar-refractivity contribution is -0.138. The van der Waals surface area contributed by atoms with E-state index in [9.17, 15) is 42.6 Å². The molecule has 0 spiro atoms. The Labute approximate surface area is 559 Å². The van der Waals surface area contributed by atoms with Gasteiger partial charge < -0.3 is 45.8 Å². The lowest BCUT2D eigenvalue weighted by Crippen LogP contribution is -2.38. The fraction of sp³-hybridized carbons (Fsp3) is 0.247. The standard InChI is InChI=1S/C73H70F6N10O9/c1-39-24-44(30-52(26-39)88-58-35-49(72(74,75)76)19-20-56(58)64(69(88)94)41(3)81-85-62(92)21-23-97-6)28-46-32-50(73(77,78)79)36-59-67(46)65(43(5)83-86-63(93)34-48-38-80-57-17-12-11-16-55(48)57)71(96)89(59)53-27-40(2)25-45(31-53)29-47-33-54(98-7)37-60-68(47)66(42(4)82-84-61(91)18-13-22-90)70(95)87(60)51-14-9-8-10-15-51/h8-12,14-17,19-20,24-27,30-33,35-38,69,80-83,90,94H,13,18,21-23,28-29,34H2,1-7H3,(H,84,91)(H,85,92)(H,86,93)/b64-41-,65-43-,66-42-. The lowest BCUT2D eigenvalue weighted by Gasteiger charge is -2.26. The van der Waals surface area contributed by atoms with Gasteiger partial charge in [0.15, 0.2) is 6.23 Å². The molecule has 0 saturated heterocycles. The van der Waals surface area contributed by atoms with E-state index in [1.54, 1.807) is 93.7 Å². The Hall–Kier alpha value is -10.9. The van der Waals surface area contributed by atoms with Crippen LogP contribution in [0.25, 0.3) is 27.6 Å². The number of fused-ring (bicyclic) bond motifs is 4. The second kappa shape index (κ2) is 28.1. The van der Waals surface area contributed by atoms with Crippen LogP contribution in [0.2, 0.25) is 0 Å². The number of rotatable bonds is 22. The van der Waals surface area contributed by atoms with E-state index in [0.29, 0.717) is 56.1 Å². The highest BCUT2D eigenvalue weighted by Crippen LogP contribution is 2.52. The van der Waals surface area contributed by atoms with Gasteiger partial charge in [0.2, 0.25) is 17.7 Å². The maximum absolute atomic E-state index is 15.8. The zero-order valence-corrected chi connectivity index (χ0v) is 54.4. The summed E-state index contributed by atoms with van der Waals surface area (Å²) in [5.74, 6) is -2.29. The number of benzene rings is 7. The smallest absolute Gasteiger partial charge is 0.416 e. The summed E-state index contributed by atoms with van der Waals surface area (Å²) in [5, 5.41) is 22.5. The molecule has 0 radical (unpaired) electrons. The molecule has 3 aliphatic heterocycles. The Morgan fingerprint density at radius 1 is 0.571 bits per heavy atom. The molecule has 8 aromatic rings. The number of hydrogen-bond acceptors (Lipinski definition) is 13. The average Bonchev–Trinajstić information content (AvgIpc) is 1.59. The summed E-state index contributed by atoms with van der Waals surface area (Å²) in [5.41, 5.74) is 20.5. The molecule has 1 unspecified atom stereocenters. The molecule has 98 heavy (non-hydrogen) atoms. The highest BCUT2D eigenvalue weighted by Gasteiger charge is 2.44. The number of H-pyrrole nitrogens is 1. The van der Waals surface area contributed by atoms with E-state index in [0.717, 1.165) is 35.2 Å². The number of halogens is 6. The molecule has 1 aromatic heterocycles. The van der Waals surface area contributed by atoms with Crippen molar-refractivity contribution in [2.75, 3.05) is 42.1 Å². The Bertz CT molecular complexity index is 4600. The minimum Gasteiger partial charge on any atom is -0.497 e. The Balaban J connectivity index is 1.03. The molecular weight excluding hydrogens is 1270 g/mol. The second-order valence-electron chi connectivity index (χ2n) is 24.2. The van der Waals surface area contributed by atoms with Gasteiger partial charge in [-0.05, 0) is 166 Å². The molecule has 1 atom stereocenters. The molecule has 0 aliphatic carbocycles. The number of hydrogen-bond donors (Lipinski definition) is 9. The normalized spacial score (nSPS) is 15.8. The van der Waals surface area contributed by atoms with Gasteiger partial charge in [-0.15, -0.1) is 0 Å². The van der Waals surface area contributed by atoms with Crippen molar-refractivity contribution >= 4 is 91.3 Å². The molecule has 9 N–H and O–H groups in total. The van der Waals surface area contributed by atoms with Gasteiger partial charge in [0.05, 0.1) is 65.9 Å². The monoisotopic (exact) mass is 1340 g/mol. The molecule has 19 nitrogen and oxygen atoms in total. The van der Waals surface area contributed by atoms with E-state index in [1.165, 1.54) is 54.9 Å². The first-order valence-electron chi connectivity index (χ1n) is 31.3. The number of aliphatic hydroxyl groups is 2. The van der Waals surface area contributed by atoms with E-state index < -0.39 is 59.2 Å². The van der Waals surface area contributed by atoms with Crippen molar-refractivity contribution in [1.29, 1.82) is 0 Å². The van der Waals surface area contributed by atoms with Crippen LogP contribution >= 0.6 is 0 Å². The predicted molar refractivity (Wildman–Crippen MR) is 359 cm³/mol. The number of hydrazine groups is 3. The van der Waals surface area contributed by atoms with Crippen molar-refractivity contribution in [2.24, 2.45) is 0 Å². The molecule has 0 saturated carbocycles. The first-order valence-corrected chi connectivity index (χ1v) is 31.3. The summed E-state index contributed by atoms with van der Waals surface area (Å²) in [6.45, 7) is 7.95. The zero-order chi connectivity index (χ0) is 70.1. The number of alkyl halides is 6. The van der Waals surface area contributed by atoms with E-state index in [2.05, 4.69) is 37.5 Å². The number of carbonyl (C=O) groups excluding carboxylic acids is 5. The fourth-order valence-electron chi connectivity index (χ4n) is 12.8. The van der Waals surface area contributed by atoms with Crippen molar-refractivity contribution in [3.63, 3.8) is 0 Å². The van der Waals surface area contributed by atoms with E-state index in [4.69, 9.17) is 9.47 Å². The largest absolute Gasteiger partial charge is 0.497 e. The first kappa shape index (κ1) is 68.5. The van der Waals surface area contributed by atoms with Gasteiger partial charge in [0, 0.05) is 99.7 Å². The van der Waals surface area contributed by atoms with Gasteiger partial charge in [-0.3, -0.25) is 50.0 Å². The third-order valence-electron chi connectivity index (χ3n) is 17.2. The van der Waals surface area contributed by atoms with Crippen LogP contribution in [0.4, 0.5) is 60.5 Å². The van der Waals surface area contributed by atoms with Gasteiger partial charge in [0.25, 0.3) is 11.8 Å². The van der Waals surface area contributed by atoms with Crippen molar-refractivity contribution in [1.82, 2.24) is 37.5 Å². The number of ether oxygens (including phenoxy) is 2. The van der Waals surface area contributed by atoms with E-state index in [-0.39, 0.29) is 125 Å². The Kier molecular flexibility index (Phi) is 19.6. The van der Waals surface area contributed by atoms with Crippen LogP contribution in [0.1, 0.15) is 107 Å². The minimum absolute atomic E-state index is 0.00246. The molecule has 11 rings (SSSR count). The van der Waals surface area contributed by atoms with Crippen LogP contribution in [0, 0.1) is 13.8 Å². The van der Waals surface area contributed by atoms with Crippen LogP contribution in [0.15, 0.2) is 157 Å². The minimum atomic E-state index is -5.01. The number of anilines is 6. The predicted octanol–water partition coefficient (Wildman–Crippen LogP) is 11.9. The van der Waals surface area contributed by atoms with Crippen LogP contribution in [-0.2, 0) is 60.3 Å². The van der Waals surface area contributed by atoms with Crippen LogP contribution in [-0.4, -0.2) is 78.4 Å². The number of amides is 5. The van der Waals surface area contributed by atoms with Gasteiger partial charge in [0.1, 0.15) is 5.75 Å². The molecule has 4 heterocycles. The SMILES string of the molecule is COCCC(=O)NN/C(C)=C1/c2ccc(C(F)(F)F)cc2N(c2cc(C)cc(Cc3cc(C(F)(F)F)cc4c3/C(=C(\C)NNC(=O)Cc3c[nH]c5ccccc35)C(=O)N4c3cc(C)cc(Cc4cc(OC)cc5c4/C(=C(\C)NNC(=O)CCCO)C(=O)N5c4ccccc4)c3)c2)C1O. The van der Waals surface area contributed by atoms with Crippen LogP contribution in [0.5, 0.6) is 5.75 Å². The topological polar surface area (TPSA) is 242 Å². The quantitative estimate of drug-likeness (QED) is 0.0174. The number of allylic oxidation sites excluding steroid dienone is 3. The summed E-state index contributed by atoms with van der Waals surface area (Å²) in [7, 11) is 2.89. The van der Waals surface area contributed by atoms with Crippen LogP contribution < -0.4 is 52.0 Å². The summed E-state index contributed by atoms with van der Waals surface area (Å²) in [4.78, 5) is 77.1. The number of aromatic nitrogens is 1. The third-order valence-corrected chi connectivity index (χ3v) is 17.2. The highest BCUT2D eigenvalue weighted by atomic mass is 19.4.